The predicted molar refractivity (Wildman–Crippen MR) is 248 cm³/mol. The van der Waals surface area contributed by atoms with E-state index < -0.39 is 43.6 Å². The average molecular weight is 890 g/mol. The molecule has 2 heterocycles. The molecule has 0 unspecified atom stereocenters. The minimum Gasteiger partial charge on any atom is -0.478 e. The first-order chi connectivity index (χ1) is 31.7. The smallest absolute Gasteiger partial charge is 0.335 e. The number of ether oxygens (including phenoxy) is 2. The molecule has 7 aromatic rings. The van der Waals surface area contributed by atoms with Gasteiger partial charge in [0.05, 0.1) is 39.2 Å². The van der Waals surface area contributed by atoms with Crippen LogP contribution >= 0.6 is 0 Å². The number of nitrogens with two attached hydrogens (primary N) is 1. The maximum Gasteiger partial charge on any atom is 0.335 e. The zero-order chi connectivity index (χ0) is 46.4. The van der Waals surface area contributed by atoms with Gasteiger partial charge in [0.2, 0.25) is 0 Å². The van der Waals surface area contributed by atoms with Crippen LogP contribution in [-0.2, 0) is 0 Å². The highest BCUT2D eigenvalue weighted by Crippen LogP contribution is 2.35. The summed E-state index contributed by atoms with van der Waals surface area (Å²) in [5, 5.41) is 23.6. The van der Waals surface area contributed by atoms with Crippen LogP contribution in [0.25, 0.3) is 0 Å². The normalized spacial score (nSPS) is 13.0. The lowest BCUT2D eigenvalue weighted by atomic mass is 10.1. The summed E-state index contributed by atoms with van der Waals surface area (Å²) < 4.78 is 11.9. The van der Waals surface area contributed by atoms with E-state index in [4.69, 9.17) is 15.2 Å². The highest BCUT2D eigenvalue weighted by atomic mass is 28.3. The van der Waals surface area contributed by atoms with Gasteiger partial charge in [-0.05, 0) is 133 Å². The fourth-order valence-electron chi connectivity index (χ4n) is 7.80. The number of carboxylic acid groups (broad SMARTS) is 1. The van der Waals surface area contributed by atoms with E-state index in [1.807, 2.05) is 19.2 Å². The number of rotatable bonds is 11. The Morgan fingerprint density at radius 2 is 1.03 bits per heavy atom. The lowest BCUT2D eigenvalue weighted by Crippen LogP contribution is -2.53. The second kappa shape index (κ2) is 16.5. The number of nitriles is 1. The topological polar surface area (TPSA) is 209 Å². The van der Waals surface area contributed by atoms with Crippen LogP contribution in [0.2, 0.25) is 13.1 Å². The molecule has 0 atom stereocenters. The lowest BCUT2D eigenvalue weighted by molar-refractivity contribution is 0.0695. The zero-order valence-corrected chi connectivity index (χ0v) is 36.1. The number of aromatic carboxylic acids is 1. The average Bonchev–Trinajstić information content (AvgIpc) is 3.73. The number of hydrogen-bond acceptors (Lipinski definition) is 10. The molecule has 66 heavy (non-hydrogen) atoms. The van der Waals surface area contributed by atoms with Crippen LogP contribution in [0, 0.1) is 11.3 Å². The van der Waals surface area contributed by atoms with Gasteiger partial charge in [-0.1, -0.05) is 41.7 Å². The molecule has 9 rings (SSSR count). The van der Waals surface area contributed by atoms with E-state index in [0.29, 0.717) is 28.6 Å². The van der Waals surface area contributed by atoms with Gasteiger partial charge in [-0.25, -0.2) is 14.6 Å². The van der Waals surface area contributed by atoms with Crippen molar-refractivity contribution in [1.29, 1.82) is 5.26 Å². The van der Waals surface area contributed by atoms with Crippen molar-refractivity contribution in [3.05, 3.63) is 191 Å². The molecule has 0 bridgehead atoms. The molecule has 14 nitrogen and oxygen atoms in total. The first-order valence-electron chi connectivity index (χ1n) is 20.4. The first-order valence-corrected chi connectivity index (χ1v) is 23.4. The van der Waals surface area contributed by atoms with E-state index >= 15 is 0 Å². The molecule has 0 aliphatic carbocycles. The van der Waals surface area contributed by atoms with Crippen molar-refractivity contribution in [2.45, 2.75) is 13.1 Å². The van der Waals surface area contributed by atoms with Gasteiger partial charge in [0.15, 0.2) is 0 Å². The van der Waals surface area contributed by atoms with Gasteiger partial charge in [-0.3, -0.25) is 24.0 Å². The number of carbonyl (C=O) groups is 6. The molecule has 322 valence electrons. The summed E-state index contributed by atoms with van der Waals surface area (Å²) in [7, 11) is -2.66. The zero-order valence-electron chi connectivity index (χ0n) is 35.1. The molecule has 15 heteroatoms. The van der Waals surface area contributed by atoms with Crippen molar-refractivity contribution >= 4 is 76.7 Å². The van der Waals surface area contributed by atoms with Crippen molar-refractivity contribution < 1.29 is 43.3 Å². The van der Waals surface area contributed by atoms with E-state index in [9.17, 15) is 39.1 Å². The number of nitrogen functional groups attached to an aromatic ring is 1. The van der Waals surface area contributed by atoms with E-state index in [-0.39, 0.29) is 56.1 Å². The summed E-state index contributed by atoms with van der Waals surface area (Å²) in [5.74, 6) is -2.16. The summed E-state index contributed by atoms with van der Waals surface area (Å²) in [5.41, 5.74) is 8.72. The van der Waals surface area contributed by atoms with Crippen LogP contribution in [0.3, 0.4) is 0 Å². The Morgan fingerprint density at radius 1 is 0.591 bits per heavy atom. The standard InChI is InChI=1S/C51H35N5O9Si/c1-66(2,38-23-25-40-42(27-38)50(61)56(48(40)59)34-16-8-30(9-17-34)51(62)63)37-22-24-39-41(26-37)49(60)55(47(39)58)33-14-6-29(7-15-33)46(57)54-32-12-20-36(21-13-32)65-45-5-3-4-44(43(45)28-52)64-35-18-10-31(53)11-19-35/h3-27H,53H2,1-2H3,(H,54,57)(H,62,63). The second-order valence-electron chi connectivity index (χ2n) is 15.9. The molecule has 0 saturated carbocycles. The third-order valence-electron chi connectivity index (χ3n) is 11.5. The van der Waals surface area contributed by atoms with E-state index in [1.165, 1.54) is 48.5 Å². The molecule has 5 amide bonds. The fourth-order valence-corrected chi connectivity index (χ4v) is 10.1. The number of carboxylic acids is 1. The van der Waals surface area contributed by atoms with Crippen LogP contribution in [0.1, 0.15) is 67.7 Å². The molecule has 0 aromatic heterocycles. The Hall–Kier alpha value is -9.13. The second-order valence-corrected chi connectivity index (χ2v) is 20.3. The van der Waals surface area contributed by atoms with Gasteiger partial charge in [0, 0.05) is 16.9 Å². The molecule has 2 aliphatic heterocycles. The van der Waals surface area contributed by atoms with Gasteiger partial charge < -0.3 is 25.6 Å². The number of anilines is 4. The summed E-state index contributed by atoms with van der Waals surface area (Å²) in [6.07, 6.45) is 0. The van der Waals surface area contributed by atoms with Crippen molar-refractivity contribution in [3.8, 4) is 29.1 Å². The van der Waals surface area contributed by atoms with Crippen LogP contribution in [0.5, 0.6) is 23.0 Å². The van der Waals surface area contributed by atoms with Crippen molar-refractivity contribution in [2.75, 3.05) is 20.9 Å². The SMILES string of the molecule is C[Si](C)(c1ccc2c(c1)C(=O)N(c1ccc(C(=O)O)cc1)C2=O)c1ccc2c(c1)C(=O)N(c1ccc(C(=O)Nc3ccc(Oc4cccc(Oc5ccc(N)cc5)c4C#N)cc3)cc1)C2=O. The number of nitrogens with zero attached hydrogens (tertiary/aromatic N) is 3. The Labute approximate surface area is 377 Å². The molecule has 0 fully saturated rings. The molecule has 4 N–H and O–H groups in total. The Balaban J connectivity index is 0.859. The van der Waals surface area contributed by atoms with Crippen LogP contribution in [0.4, 0.5) is 22.7 Å². The monoisotopic (exact) mass is 889 g/mol. The number of fused-ring (bicyclic) bond motifs is 2. The highest BCUT2D eigenvalue weighted by molar-refractivity contribution is 7.00. The fraction of sp³-hybridized carbons (Fsp3) is 0.0392. The first kappa shape index (κ1) is 42.2. The molecule has 0 saturated heterocycles. The van der Waals surface area contributed by atoms with Crippen LogP contribution in [0.15, 0.2) is 152 Å². The number of imide groups is 2. The Kier molecular flexibility index (Phi) is 10.6. The highest BCUT2D eigenvalue weighted by Gasteiger charge is 2.41. The minimum absolute atomic E-state index is 0.0222. The van der Waals surface area contributed by atoms with Crippen molar-refractivity contribution in [2.24, 2.45) is 0 Å². The minimum atomic E-state index is -2.66. The van der Waals surface area contributed by atoms with E-state index in [1.54, 1.807) is 97.1 Å². The molecule has 0 radical (unpaired) electrons. The van der Waals surface area contributed by atoms with Gasteiger partial charge in [0.1, 0.15) is 42.7 Å². The molecule has 0 spiro atoms. The van der Waals surface area contributed by atoms with Crippen LogP contribution in [-0.4, -0.2) is 48.7 Å². The maximum atomic E-state index is 13.9. The predicted octanol–water partition coefficient (Wildman–Crippen LogP) is 8.10. The number of benzene rings is 7. The molecular weight excluding hydrogens is 855 g/mol. The van der Waals surface area contributed by atoms with E-state index in [2.05, 4.69) is 11.4 Å². The molecule has 7 aromatic carbocycles. The van der Waals surface area contributed by atoms with Crippen molar-refractivity contribution in [1.82, 2.24) is 0 Å². The third-order valence-corrected chi connectivity index (χ3v) is 15.0. The number of amides is 5. The Morgan fingerprint density at radius 3 is 1.48 bits per heavy atom. The maximum absolute atomic E-state index is 13.9. The Bertz CT molecular complexity index is 3240. The summed E-state index contributed by atoms with van der Waals surface area (Å²) >= 11 is 0. The number of carbonyl (C=O) groups excluding carboxylic acids is 5. The van der Waals surface area contributed by atoms with Gasteiger partial charge >= 0.3 is 5.97 Å². The quantitative estimate of drug-likeness (QED) is 0.0642. The number of hydrogen-bond donors (Lipinski definition) is 3. The van der Waals surface area contributed by atoms with Gasteiger partial charge in [-0.2, -0.15) is 5.26 Å². The van der Waals surface area contributed by atoms with Crippen molar-refractivity contribution in [3.63, 3.8) is 0 Å². The molecule has 2 aliphatic rings. The molecular formula is C51H35N5O9Si. The van der Waals surface area contributed by atoms with E-state index in [0.717, 1.165) is 20.2 Å². The lowest BCUT2D eigenvalue weighted by Gasteiger charge is -2.24. The largest absolute Gasteiger partial charge is 0.478 e. The third kappa shape index (κ3) is 7.59. The summed E-state index contributed by atoms with van der Waals surface area (Å²) in [6, 6.07) is 42.3. The van der Waals surface area contributed by atoms with Crippen LogP contribution < -0.4 is 40.7 Å². The summed E-state index contributed by atoms with van der Waals surface area (Å²) in [6.45, 7) is 4.08. The van der Waals surface area contributed by atoms with Gasteiger partial charge in [0.25, 0.3) is 29.5 Å². The van der Waals surface area contributed by atoms with Gasteiger partial charge in [-0.15, -0.1) is 0 Å². The summed E-state index contributed by atoms with van der Waals surface area (Å²) in [4.78, 5) is 81.2. The number of nitrogens with one attached hydrogen (secondary N) is 1.